The van der Waals surface area contributed by atoms with E-state index in [0.717, 1.165) is 0 Å². The summed E-state index contributed by atoms with van der Waals surface area (Å²) in [5.74, 6) is -0.156. The maximum absolute atomic E-state index is 11.0. The highest BCUT2D eigenvalue weighted by Crippen LogP contribution is 2.21. The molecule has 0 aliphatic rings. The van der Waals surface area contributed by atoms with Gasteiger partial charge in [0.05, 0.1) is 11.3 Å². The molecule has 0 bridgehead atoms. The van der Waals surface area contributed by atoms with Gasteiger partial charge in [-0.2, -0.15) is 0 Å². The molecule has 18 heavy (non-hydrogen) atoms. The Balaban J connectivity index is 2.75. The molecule has 100 valence electrons. The van der Waals surface area contributed by atoms with Crippen LogP contribution in [0.5, 0.6) is 0 Å². The first-order valence-electron chi connectivity index (χ1n) is 5.46. The molecular weight excluding hydrogens is 254 g/mol. The highest BCUT2D eigenvalue weighted by Gasteiger charge is 2.13. The van der Waals surface area contributed by atoms with Crippen LogP contribution >= 0.6 is 0 Å². The van der Waals surface area contributed by atoms with E-state index in [1.54, 1.807) is 6.26 Å². The lowest BCUT2D eigenvalue weighted by atomic mass is 10.2. The lowest BCUT2D eigenvalue weighted by Crippen LogP contribution is -2.20. The Morgan fingerprint density at radius 1 is 1.67 bits per heavy atom. The Kier molecular flexibility index (Phi) is 5.08. The molecule has 0 spiro atoms. The average Bonchev–Trinajstić information content (AvgIpc) is 2.29. The van der Waals surface area contributed by atoms with Gasteiger partial charge in [-0.05, 0) is 19.4 Å². The van der Waals surface area contributed by atoms with E-state index in [2.05, 4.69) is 10.3 Å². The number of carbonyl (C=O) groups is 1. The van der Waals surface area contributed by atoms with Crippen molar-refractivity contribution >= 4 is 28.3 Å². The number of aromatic nitrogens is 1. The third-order valence-electron chi connectivity index (χ3n) is 2.44. The summed E-state index contributed by atoms with van der Waals surface area (Å²) in [6.07, 6.45) is 3.73. The van der Waals surface area contributed by atoms with Gasteiger partial charge in [-0.3, -0.25) is 4.21 Å². The standard InChI is InChI=1S/C11H17N3O3S/c1-7(4-6-18(2)17)14-10-9(12)8(11(15)16)3-5-13-10/h3,5,7H,4,6,12H2,1-2H3,(H,13,14)(H,15,16). The molecular formula is C11H17N3O3S. The SMILES string of the molecule is CC(CCS(C)=O)Nc1nccc(C(=O)O)c1N. The third-order valence-corrected chi connectivity index (χ3v) is 3.25. The number of carboxylic acid groups (broad SMARTS) is 1. The first-order chi connectivity index (χ1) is 8.41. The summed E-state index contributed by atoms with van der Waals surface area (Å²) in [6, 6.07) is 1.38. The highest BCUT2D eigenvalue weighted by molar-refractivity contribution is 7.84. The molecule has 0 aliphatic carbocycles. The Bertz CT molecular complexity index is 465. The maximum atomic E-state index is 11.0. The number of hydrogen-bond donors (Lipinski definition) is 3. The second kappa shape index (κ2) is 6.34. The Morgan fingerprint density at radius 3 is 2.89 bits per heavy atom. The van der Waals surface area contributed by atoms with Crippen molar-refractivity contribution in [2.75, 3.05) is 23.1 Å². The van der Waals surface area contributed by atoms with Gasteiger partial charge in [0.15, 0.2) is 0 Å². The molecule has 0 saturated carbocycles. The number of nitrogens with one attached hydrogen (secondary N) is 1. The number of anilines is 2. The van der Waals surface area contributed by atoms with Gasteiger partial charge in [0.25, 0.3) is 0 Å². The molecule has 2 atom stereocenters. The van der Waals surface area contributed by atoms with E-state index >= 15 is 0 Å². The summed E-state index contributed by atoms with van der Waals surface area (Å²) in [5.41, 5.74) is 5.87. The van der Waals surface area contributed by atoms with Gasteiger partial charge in [0, 0.05) is 35.0 Å². The van der Waals surface area contributed by atoms with Gasteiger partial charge in [-0.15, -0.1) is 0 Å². The van der Waals surface area contributed by atoms with Crippen molar-refractivity contribution < 1.29 is 14.1 Å². The molecule has 0 amide bonds. The van der Waals surface area contributed by atoms with E-state index in [0.29, 0.717) is 18.0 Å². The summed E-state index contributed by atoms with van der Waals surface area (Å²) in [7, 11) is -0.847. The second-order valence-electron chi connectivity index (χ2n) is 4.04. The molecule has 4 N–H and O–H groups in total. The maximum Gasteiger partial charge on any atom is 0.337 e. The van der Waals surface area contributed by atoms with Gasteiger partial charge in [-0.25, -0.2) is 9.78 Å². The van der Waals surface area contributed by atoms with Crippen molar-refractivity contribution in [1.82, 2.24) is 4.98 Å². The zero-order chi connectivity index (χ0) is 13.7. The predicted octanol–water partition coefficient (Wildman–Crippen LogP) is 0.931. The Hall–Kier alpha value is -1.63. The van der Waals surface area contributed by atoms with Crippen LogP contribution in [0.15, 0.2) is 12.3 Å². The second-order valence-corrected chi connectivity index (χ2v) is 5.59. The summed E-state index contributed by atoms with van der Waals surface area (Å²) in [4.78, 5) is 14.9. The van der Waals surface area contributed by atoms with Crippen LogP contribution in [0.2, 0.25) is 0 Å². The smallest absolute Gasteiger partial charge is 0.337 e. The summed E-state index contributed by atoms with van der Waals surface area (Å²) >= 11 is 0. The third kappa shape index (κ3) is 3.99. The summed E-state index contributed by atoms with van der Waals surface area (Å²) in [5, 5.41) is 12.0. The fourth-order valence-corrected chi connectivity index (χ4v) is 2.11. The number of hydrogen-bond acceptors (Lipinski definition) is 5. The molecule has 1 aromatic heterocycles. The number of rotatable bonds is 6. The average molecular weight is 271 g/mol. The number of pyridine rings is 1. The first-order valence-corrected chi connectivity index (χ1v) is 7.19. The van der Waals surface area contributed by atoms with Crippen LogP contribution in [0, 0.1) is 0 Å². The van der Waals surface area contributed by atoms with Crippen LogP contribution in [-0.2, 0) is 10.8 Å². The van der Waals surface area contributed by atoms with Crippen LogP contribution in [0.1, 0.15) is 23.7 Å². The summed E-state index contributed by atoms with van der Waals surface area (Å²) in [6.45, 7) is 1.90. The van der Waals surface area contributed by atoms with Crippen LogP contribution in [-0.4, -0.2) is 38.3 Å². The van der Waals surface area contributed by atoms with Gasteiger partial charge in [-0.1, -0.05) is 0 Å². The molecule has 0 fully saturated rings. The molecule has 7 heteroatoms. The minimum Gasteiger partial charge on any atom is -0.478 e. The van der Waals surface area contributed by atoms with Gasteiger partial charge in [0.1, 0.15) is 5.82 Å². The topological polar surface area (TPSA) is 105 Å². The van der Waals surface area contributed by atoms with Crippen LogP contribution in [0.3, 0.4) is 0 Å². The molecule has 2 unspecified atom stereocenters. The zero-order valence-electron chi connectivity index (χ0n) is 10.3. The number of nitrogens with zero attached hydrogens (tertiary/aromatic N) is 1. The fraction of sp³-hybridized carbons (Fsp3) is 0.455. The molecule has 1 rings (SSSR count). The van der Waals surface area contributed by atoms with Gasteiger partial charge in [0.2, 0.25) is 0 Å². The monoisotopic (exact) mass is 271 g/mol. The van der Waals surface area contributed by atoms with Crippen molar-refractivity contribution in [2.45, 2.75) is 19.4 Å². The fourth-order valence-electron chi connectivity index (χ4n) is 1.42. The molecule has 0 radical (unpaired) electrons. The Labute approximate surface area is 108 Å². The van der Waals surface area contributed by atoms with Crippen molar-refractivity contribution in [3.63, 3.8) is 0 Å². The molecule has 0 saturated heterocycles. The van der Waals surface area contributed by atoms with Crippen molar-refractivity contribution in [3.05, 3.63) is 17.8 Å². The number of nitrogen functional groups attached to an aromatic ring is 1. The Morgan fingerprint density at radius 2 is 2.33 bits per heavy atom. The van der Waals surface area contributed by atoms with E-state index in [-0.39, 0.29) is 17.3 Å². The van der Waals surface area contributed by atoms with Crippen LogP contribution < -0.4 is 11.1 Å². The zero-order valence-corrected chi connectivity index (χ0v) is 11.2. The molecule has 6 nitrogen and oxygen atoms in total. The van der Waals surface area contributed by atoms with Gasteiger partial charge >= 0.3 is 5.97 Å². The summed E-state index contributed by atoms with van der Waals surface area (Å²) < 4.78 is 11.0. The predicted molar refractivity (Wildman–Crippen MR) is 72.2 cm³/mol. The minimum absolute atomic E-state index is 0.0211. The van der Waals surface area contributed by atoms with Crippen LogP contribution in [0.25, 0.3) is 0 Å². The molecule has 1 heterocycles. The lowest BCUT2D eigenvalue weighted by Gasteiger charge is -2.16. The van der Waals surface area contributed by atoms with Crippen LogP contribution in [0.4, 0.5) is 11.5 Å². The normalized spacial score (nSPS) is 13.9. The molecule has 1 aromatic rings. The quantitative estimate of drug-likeness (QED) is 0.711. The largest absolute Gasteiger partial charge is 0.478 e. The minimum atomic E-state index is -1.08. The van der Waals surface area contributed by atoms with Crippen molar-refractivity contribution in [3.8, 4) is 0 Å². The number of nitrogens with two attached hydrogens (primary N) is 1. The molecule has 0 aromatic carbocycles. The first kappa shape index (κ1) is 14.4. The molecule has 0 aliphatic heterocycles. The van der Waals surface area contributed by atoms with E-state index < -0.39 is 16.8 Å². The van der Waals surface area contributed by atoms with Crippen molar-refractivity contribution in [1.29, 1.82) is 0 Å². The van der Waals surface area contributed by atoms with Gasteiger partial charge < -0.3 is 16.2 Å². The lowest BCUT2D eigenvalue weighted by molar-refractivity contribution is 0.0698. The number of aromatic carboxylic acids is 1. The van der Waals surface area contributed by atoms with Crippen molar-refractivity contribution in [2.24, 2.45) is 0 Å². The van der Waals surface area contributed by atoms with E-state index in [1.165, 1.54) is 12.3 Å². The number of carboxylic acids is 1. The highest BCUT2D eigenvalue weighted by atomic mass is 32.2. The van der Waals surface area contributed by atoms with E-state index in [1.807, 2.05) is 6.92 Å². The van der Waals surface area contributed by atoms with E-state index in [9.17, 15) is 9.00 Å². The van der Waals surface area contributed by atoms with E-state index in [4.69, 9.17) is 10.8 Å².